The standard InChI is InChI=1S/C11H10O2/c1-2-13-11(12)9-8-10-6-4-3-5-7-10/h2-9H,1H2. The Morgan fingerprint density at radius 3 is 2.62 bits per heavy atom. The van der Waals surface area contributed by atoms with Gasteiger partial charge in [-0.3, -0.25) is 0 Å². The third-order valence-corrected chi connectivity index (χ3v) is 1.41. The van der Waals surface area contributed by atoms with Crippen LogP contribution in [0.25, 0.3) is 6.08 Å². The van der Waals surface area contributed by atoms with Crippen LogP contribution in [0.3, 0.4) is 0 Å². The lowest BCUT2D eigenvalue weighted by Crippen LogP contribution is -1.92. The highest BCUT2D eigenvalue weighted by Crippen LogP contribution is 2.00. The number of rotatable bonds is 3. The Morgan fingerprint density at radius 1 is 1.31 bits per heavy atom. The van der Waals surface area contributed by atoms with Gasteiger partial charge < -0.3 is 4.74 Å². The second kappa shape index (κ2) is 4.93. The van der Waals surface area contributed by atoms with Crippen molar-refractivity contribution in [2.75, 3.05) is 0 Å². The largest absolute Gasteiger partial charge is 0.432 e. The maximum Gasteiger partial charge on any atom is 0.335 e. The fraction of sp³-hybridized carbons (Fsp3) is 0. The van der Waals surface area contributed by atoms with Crippen LogP contribution >= 0.6 is 0 Å². The summed E-state index contributed by atoms with van der Waals surface area (Å²) in [6, 6.07) is 9.52. The summed E-state index contributed by atoms with van der Waals surface area (Å²) < 4.78 is 4.50. The topological polar surface area (TPSA) is 26.3 Å². The molecule has 66 valence electrons. The number of esters is 1. The third kappa shape index (κ3) is 3.38. The van der Waals surface area contributed by atoms with Crippen LogP contribution < -0.4 is 0 Å². The van der Waals surface area contributed by atoms with Gasteiger partial charge in [0.2, 0.25) is 0 Å². The predicted molar refractivity (Wildman–Crippen MR) is 51.8 cm³/mol. The molecule has 0 fully saturated rings. The van der Waals surface area contributed by atoms with Crippen LogP contribution in [0.1, 0.15) is 5.56 Å². The average Bonchev–Trinajstić information content (AvgIpc) is 2.17. The van der Waals surface area contributed by atoms with E-state index in [1.54, 1.807) is 6.08 Å². The van der Waals surface area contributed by atoms with Crippen LogP contribution in [-0.2, 0) is 9.53 Å². The molecule has 0 atom stereocenters. The van der Waals surface area contributed by atoms with Crippen LogP contribution in [0.5, 0.6) is 0 Å². The third-order valence-electron chi connectivity index (χ3n) is 1.41. The normalized spacial score (nSPS) is 9.85. The molecule has 0 spiro atoms. The first-order valence-corrected chi connectivity index (χ1v) is 3.87. The fourth-order valence-corrected chi connectivity index (χ4v) is 0.850. The lowest BCUT2D eigenvalue weighted by molar-refractivity contribution is -0.132. The van der Waals surface area contributed by atoms with Crippen LogP contribution in [0.2, 0.25) is 0 Å². The Morgan fingerprint density at radius 2 is 2.00 bits per heavy atom. The zero-order chi connectivity index (χ0) is 9.52. The van der Waals surface area contributed by atoms with Crippen molar-refractivity contribution in [3.63, 3.8) is 0 Å². The maximum absolute atomic E-state index is 10.8. The van der Waals surface area contributed by atoms with Crippen molar-refractivity contribution in [1.29, 1.82) is 0 Å². The molecule has 2 nitrogen and oxygen atoms in total. The second-order valence-electron chi connectivity index (χ2n) is 2.35. The molecule has 0 saturated carbocycles. The molecule has 0 bridgehead atoms. The number of hydrogen-bond acceptors (Lipinski definition) is 2. The minimum Gasteiger partial charge on any atom is -0.432 e. The predicted octanol–water partition coefficient (Wildman–Crippen LogP) is 2.39. The molecule has 0 aliphatic heterocycles. The van der Waals surface area contributed by atoms with Gasteiger partial charge in [0.1, 0.15) is 0 Å². The summed E-state index contributed by atoms with van der Waals surface area (Å²) in [7, 11) is 0. The van der Waals surface area contributed by atoms with Gasteiger partial charge in [-0.2, -0.15) is 0 Å². The van der Waals surface area contributed by atoms with E-state index in [0.717, 1.165) is 11.8 Å². The van der Waals surface area contributed by atoms with Gasteiger partial charge in [-0.05, 0) is 11.6 Å². The number of carbonyl (C=O) groups excluding carboxylic acids is 1. The van der Waals surface area contributed by atoms with Crippen molar-refractivity contribution >= 4 is 12.0 Å². The number of carbonyl (C=O) groups is 1. The van der Waals surface area contributed by atoms with E-state index < -0.39 is 5.97 Å². The highest BCUT2D eigenvalue weighted by molar-refractivity contribution is 5.87. The molecule has 2 heteroatoms. The van der Waals surface area contributed by atoms with Crippen LogP contribution in [0.15, 0.2) is 49.2 Å². The Labute approximate surface area is 77.2 Å². The number of benzene rings is 1. The summed E-state index contributed by atoms with van der Waals surface area (Å²) in [4.78, 5) is 10.8. The number of ether oxygens (including phenoxy) is 1. The molecule has 13 heavy (non-hydrogen) atoms. The monoisotopic (exact) mass is 174 g/mol. The van der Waals surface area contributed by atoms with E-state index in [-0.39, 0.29) is 0 Å². The number of hydrogen-bond donors (Lipinski definition) is 0. The average molecular weight is 174 g/mol. The van der Waals surface area contributed by atoms with Crippen LogP contribution in [0, 0.1) is 0 Å². The van der Waals surface area contributed by atoms with Crippen LogP contribution in [-0.4, -0.2) is 5.97 Å². The highest BCUT2D eigenvalue weighted by atomic mass is 16.5. The first-order valence-electron chi connectivity index (χ1n) is 3.87. The van der Waals surface area contributed by atoms with E-state index in [1.165, 1.54) is 6.08 Å². The summed E-state index contributed by atoms with van der Waals surface area (Å²) in [5.74, 6) is -0.418. The first kappa shape index (κ1) is 9.26. The van der Waals surface area contributed by atoms with Crippen molar-refractivity contribution in [2.24, 2.45) is 0 Å². The molecular weight excluding hydrogens is 164 g/mol. The van der Waals surface area contributed by atoms with E-state index in [9.17, 15) is 4.79 Å². The molecule has 0 aliphatic carbocycles. The molecule has 0 aliphatic rings. The van der Waals surface area contributed by atoms with Gasteiger partial charge in [-0.25, -0.2) is 4.79 Å². The van der Waals surface area contributed by atoms with E-state index in [2.05, 4.69) is 11.3 Å². The van der Waals surface area contributed by atoms with Crippen molar-refractivity contribution in [1.82, 2.24) is 0 Å². The van der Waals surface area contributed by atoms with E-state index >= 15 is 0 Å². The molecule has 0 heterocycles. The molecule has 0 N–H and O–H groups in total. The molecule has 1 aromatic carbocycles. The Balaban J connectivity index is 2.58. The quantitative estimate of drug-likeness (QED) is 0.399. The lowest BCUT2D eigenvalue weighted by atomic mass is 10.2. The SMILES string of the molecule is C=COC(=O)C=Cc1ccccc1. The van der Waals surface area contributed by atoms with E-state index in [4.69, 9.17) is 0 Å². The first-order chi connectivity index (χ1) is 6.33. The zero-order valence-electron chi connectivity index (χ0n) is 7.14. The van der Waals surface area contributed by atoms with Crippen molar-refractivity contribution in [2.45, 2.75) is 0 Å². The van der Waals surface area contributed by atoms with Gasteiger partial charge in [0, 0.05) is 6.08 Å². The molecular formula is C11H10O2. The summed E-state index contributed by atoms with van der Waals surface area (Å²) in [6.45, 7) is 3.28. The molecule has 1 aromatic rings. The smallest absolute Gasteiger partial charge is 0.335 e. The Bertz CT molecular complexity index is 312. The molecule has 0 amide bonds. The van der Waals surface area contributed by atoms with Crippen molar-refractivity contribution in [3.05, 3.63) is 54.8 Å². The summed E-state index contributed by atoms with van der Waals surface area (Å²) in [5, 5.41) is 0. The Hall–Kier alpha value is -1.83. The molecule has 0 radical (unpaired) electrons. The fourth-order valence-electron chi connectivity index (χ4n) is 0.850. The summed E-state index contributed by atoms with van der Waals surface area (Å²) >= 11 is 0. The van der Waals surface area contributed by atoms with Gasteiger partial charge >= 0.3 is 5.97 Å². The van der Waals surface area contributed by atoms with E-state index in [0.29, 0.717) is 0 Å². The maximum atomic E-state index is 10.8. The lowest BCUT2D eigenvalue weighted by Gasteiger charge is -1.91. The van der Waals surface area contributed by atoms with Gasteiger partial charge in [0.25, 0.3) is 0 Å². The van der Waals surface area contributed by atoms with Gasteiger partial charge in [0.05, 0.1) is 6.26 Å². The zero-order valence-corrected chi connectivity index (χ0v) is 7.14. The summed E-state index contributed by atoms with van der Waals surface area (Å²) in [6.07, 6.45) is 4.15. The van der Waals surface area contributed by atoms with Gasteiger partial charge in [-0.1, -0.05) is 36.9 Å². The summed E-state index contributed by atoms with van der Waals surface area (Å²) in [5.41, 5.74) is 0.962. The minimum atomic E-state index is -0.418. The van der Waals surface area contributed by atoms with Gasteiger partial charge in [0.15, 0.2) is 0 Å². The Kier molecular flexibility index (Phi) is 3.51. The minimum absolute atomic E-state index is 0.418. The van der Waals surface area contributed by atoms with Gasteiger partial charge in [-0.15, -0.1) is 0 Å². The molecule has 1 rings (SSSR count). The molecule has 0 saturated heterocycles. The van der Waals surface area contributed by atoms with Crippen LogP contribution in [0.4, 0.5) is 0 Å². The molecule has 0 unspecified atom stereocenters. The highest BCUT2D eigenvalue weighted by Gasteiger charge is 1.91. The van der Waals surface area contributed by atoms with Crippen molar-refractivity contribution < 1.29 is 9.53 Å². The second-order valence-corrected chi connectivity index (χ2v) is 2.35. The van der Waals surface area contributed by atoms with Crippen molar-refractivity contribution in [3.8, 4) is 0 Å². The molecule has 0 aromatic heterocycles. The van der Waals surface area contributed by atoms with E-state index in [1.807, 2.05) is 30.3 Å².